The highest BCUT2D eigenvalue weighted by atomic mass is 19.1. The van der Waals surface area contributed by atoms with E-state index in [1.54, 1.807) is 0 Å². The number of carbonyl (C=O) groups excluding carboxylic acids is 1. The Morgan fingerprint density at radius 1 is 1.07 bits per heavy atom. The number of hydrogen-bond donors (Lipinski definition) is 2. The van der Waals surface area contributed by atoms with Crippen molar-refractivity contribution < 1.29 is 23.0 Å². The Kier molecular flexibility index (Phi) is 5.69. The van der Waals surface area contributed by atoms with E-state index in [0.717, 1.165) is 6.07 Å². The fourth-order valence-electron chi connectivity index (χ4n) is 2.49. The third kappa shape index (κ3) is 4.35. The molecule has 0 atom stereocenters. The second-order valence-corrected chi connectivity index (χ2v) is 5.76. The van der Waals surface area contributed by atoms with Crippen molar-refractivity contribution in [3.05, 3.63) is 82.0 Å². The van der Waals surface area contributed by atoms with E-state index >= 15 is 0 Å². The molecule has 28 heavy (non-hydrogen) atoms. The fraction of sp³-hybridized carbons (Fsp3) is 0.100. The van der Waals surface area contributed by atoms with Gasteiger partial charge in [0.1, 0.15) is 18.2 Å². The van der Waals surface area contributed by atoms with Gasteiger partial charge in [-0.2, -0.15) is 0 Å². The van der Waals surface area contributed by atoms with Crippen LogP contribution in [0.15, 0.2) is 59.5 Å². The number of rotatable bonds is 6. The van der Waals surface area contributed by atoms with Crippen molar-refractivity contribution in [2.24, 2.45) is 0 Å². The Labute approximate surface area is 158 Å². The first-order valence-corrected chi connectivity index (χ1v) is 8.20. The van der Waals surface area contributed by atoms with Gasteiger partial charge in [-0.1, -0.05) is 6.07 Å². The summed E-state index contributed by atoms with van der Waals surface area (Å²) in [4.78, 5) is 26.5. The van der Waals surface area contributed by atoms with Crippen LogP contribution in [0.1, 0.15) is 15.9 Å². The van der Waals surface area contributed by atoms with Crippen molar-refractivity contribution in [3.8, 4) is 17.2 Å². The van der Waals surface area contributed by atoms with Crippen LogP contribution in [0, 0.1) is 5.82 Å². The number of hydrogen-bond acceptors (Lipinski definition) is 4. The molecule has 0 aliphatic heterocycles. The largest absolute Gasteiger partial charge is 0.493 e. The molecule has 0 radical (unpaired) electrons. The summed E-state index contributed by atoms with van der Waals surface area (Å²) in [5.41, 5.74) is 0.305. The van der Waals surface area contributed by atoms with Gasteiger partial charge in [0.15, 0.2) is 11.5 Å². The minimum atomic E-state index is -0.757. The van der Waals surface area contributed by atoms with E-state index in [1.165, 1.54) is 55.8 Å². The van der Waals surface area contributed by atoms with E-state index < -0.39 is 18.4 Å². The zero-order valence-electron chi connectivity index (χ0n) is 14.8. The molecule has 2 N–H and O–H groups in total. The third-order valence-corrected chi connectivity index (χ3v) is 3.82. The molecule has 3 rings (SSSR count). The summed E-state index contributed by atoms with van der Waals surface area (Å²) in [6.45, 7) is -0.757. The first-order chi connectivity index (χ1) is 13.5. The lowest BCUT2D eigenvalue weighted by Crippen LogP contribution is -2.15. The molecule has 0 unspecified atom stereocenters. The normalized spacial score (nSPS) is 10.4. The van der Waals surface area contributed by atoms with Gasteiger partial charge < -0.3 is 19.8 Å². The van der Waals surface area contributed by atoms with Crippen LogP contribution in [-0.4, -0.2) is 18.0 Å². The van der Waals surface area contributed by atoms with E-state index in [4.69, 9.17) is 9.47 Å². The van der Waals surface area contributed by atoms with Gasteiger partial charge in [-0.25, -0.2) is 8.78 Å². The van der Waals surface area contributed by atoms with Crippen molar-refractivity contribution in [3.63, 3.8) is 0 Å². The molecule has 0 aliphatic carbocycles. The minimum absolute atomic E-state index is 0.0578. The number of anilines is 1. The maximum Gasteiger partial charge on any atom is 0.259 e. The minimum Gasteiger partial charge on any atom is -0.493 e. The van der Waals surface area contributed by atoms with Crippen LogP contribution in [0.5, 0.6) is 17.2 Å². The summed E-state index contributed by atoms with van der Waals surface area (Å²) in [5.74, 6) is -0.750. The van der Waals surface area contributed by atoms with Crippen molar-refractivity contribution >= 4 is 11.6 Å². The lowest BCUT2D eigenvalue weighted by molar-refractivity contribution is 0.102. The lowest BCUT2D eigenvalue weighted by atomic mass is 10.1. The van der Waals surface area contributed by atoms with Gasteiger partial charge in [0.25, 0.3) is 5.91 Å². The smallest absolute Gasteiger partial charge is 0.259 e. The number of benzene rings is 2. The quantitative estimate of drug-likeness (QED) is 0.670. The average Bonchev–Trinajstić information content (AvgIpc) is 2.69. The van der Waals surface area contributed by atoms with Crippen molar-refractivity contribution in [2.75, 3.05) is 12.4 Å². The monoisotopic (exact) mass is 386 g/mol. The molecule has 3 aromatic rings. The highest BCUT2D eigenvalue weighted by Crippen LogP contribution is 2.34. The highest BCUT2D eigenvalue weighted by Gasteiger charge is 2.17. The molecular formula is C20H16F2N2O4. The van der Waals surface area contributed by atoms with E-state index in [2.05, 4.69) is 10.3 Å². The molecule has 144 valence electrons. The number of pyridine rings is 1. The van der Waals surface area contributed by atoms with Gasteiger partial charge >= 0.3 is 0 Å². The van der Waals surface area contributed by atoms with Crippen LogP contribution in [0.25, 0.3) is 0 Å². The molecule has 8 heteroatoms. The first-order valence-electron chi connectivity index (χ1n) is 8.20. The second kappa shape index (κ2) is 8.34. The molecule has 1 heterocycles. The number of alkyl halides is 1. The van der Waals surface area contributed by atoms with Crippen LogP contribution >= 0.6 is 0 Å². The van der Waals surface area contributed by atoms with Crippen molar-refractivity contribution in [2.45, 2.75) is 6.67 Å². The Bertz CT molecular complexity index is 1070. The van der Waals surface area contributed by atoms with Gasteiger partial charge in [-0.3, -0.25) is 9.59 Å². The Morgan fingerprint density at radius 3 is 2.61 bits per heavy atom. The van der Waals surface area contributed by atoms with Crippen LogP contribution in [0.2, 0.25) is 0 Å². The Hall–Kier alpha value is -3.68. The third-order valence-electron chi connectivity index (χ3n) is 3.82. The van der Waals surface area contributed by atoms with E-state index in [-0.39, 0.29) is 34.1 Å². The Balaban J connectivity index is 1.96. The van der Waals surface area contributed by atoms with Crippen LogP contribution in [0.4, 0.5) is 14.5 Å². The van der Waals surface area contributed by atoms with Gasteiger partial charge in [0.2, 0.25) is 5.56 Å². The number of H-pyrrole nitrogens is 1. The van der Waals surface area contributed by atoms with Gasteiger partial charge in [-0.05, 0) is 35.9 Å². The van der Waals surface area contributed by atoms with Crippen molar-refractivity contribution in [1.29, 1.82) is 0 Å². The predicted molar refractivity (Wildman–Crippen MR) is 99.3 cm³/mol. The molecule has 0 bridgehead atoms. The molecule has 1 aromatic heterocycles. The summed E-state index contributed by atoms with van der Waals surface area (Å²) in [5, 5.41) is 2.58. The van der Waals surface area contributed by atoms with Gasteiger partial charge in [0.05, 0.1) is 12.7 Å². The topological polar surface area (TPSA) is 80.4 Å². The number of aromatic nitrogens is 1. The van der Waals surface area contributed by atoms with E-state index in [0.29, 0.717) is 5.56 Å². The highest BCUT2D eigenvalue weighted by molar-refractivity contribution is 6.06. The molecule has 0 aliphatic rings. The number of halogens is 2. The zero-order valence-corrected chi connectivity index (χ0v) is 14.8. The zero-order chi connectivity index (χ0) is 20.1. The van der Waals surface area contributed by atoms with E-state index in [1.807, 2.05) is 0 Å². The first kappa shape index (κ1) is 19.1. The number of amides is 1. The van der Waals surface area contributed by atoms with Gasteiger partial charge in [0, 0.05) is 24.0 Å². The molecule has 0 saturated heterocycles. The van der Waals surface area contributed by atoms with Crippen LogP contribution in [-0.2, 0) is 6.67 Å². The van der Waals surface area contributed by atoms with Gasteiger partial charge in [-0.15, -0.1) is 0 Å². The van der Waals surface area contributed by atoms with Crippen LogP contribution < -0.4 is 20.3 Å². The molecule has 0 spiro atoms. The summed E-state index contributed by atoms with van der Waals surface area (Å²) in [6.07, 6.45) is 1.39. The number of carbonyl (C=O) groups is 1. The number of aromatic amines is 1. The lowest BCUT2D eigenvalue weighted by Gasteiger charge is -2.14. The molecule has 1 amide bonds. The maximum atomic E-state index is 13.4. The number of nitrogens with one attached hydrogen (secondary N) is 2. The number of methoxy groups -OCH3 is 1. The second-order valence-electron chi connectivity index (χ2n) is 5.76. The summed E-state index contributed by atoms with van der Waals surface area (Å²) >= 11 is 0. The fourth-order valence-corrected chi connectivity index (χ4v) is 2.49. The molecule has 2 aromatic carbocycles. The summed E-state index contributed by atoms with van der Waals surface area (Å²) < 4.78 is 37.3. The SMILES string of the molecule is COc1cc(F)ccc1Oc1cc(CF)ccc1C(=O)Nc1cc[nH]c(=O)c1. The predicted octanol–water partition coefficient (Wildman–Crippen LogP) is 4.04. The maximum absolute atomic E-state index is 13.4. The molecule has 6 nitrogen and oxygen atoms in total. The Morgan fingerprint density at radius 2 is 1.89 bits per heavy atom. The average molecular weight is 386 g/mol. The standard InChI is InChI=1S/C20H16F2N2O4/c1-27-18-9-13(22)3-5-16(18)28-17-8-12(11-21)2-4-15(17)20(26)24-14-6-7-23-19(25)10-14/h2-10H,11H2,1H3,(H2,23,24,25,26). The number of ether oxygens (including phenoxy) is 2. The molecular weight excluding hydrogens is 370 g/mol. The molecule has 0 saturated carbocycles. The summed E-state index contributed by atoms with van der Waals surface area (Å²) in [7, 11) is 1.35. The molecule has 0 fully saturated rings. The van der Waals surface area contributed by atoms with Crippen molar-refractivity contribution in [1.82, 2.24) is 4.98 Å². The van der Waals surface area contributed by atoms with E-state index in [9.17, 15) is 18.4 Å². The van der Waals surface area contributed by atoms with Crippen LogP contribution in [0.3, 0.4) is 0 Å². The summed E-state index contributed by atoms with van der Waals surface area (Å²) in [6, 6.07) is 10.6.